The van der Waals surface area contributed by atoms with Gasteiger partial charge in [0.15, 0.2) is 0 Å². The summed E-state index contributed by atoms with van der Waals surface area (Å²) >= 11 is 0. The molecule has 1 aliphatic carbocycles. The van der Waals surface area contributed by atoms with Crippen LogP contribution in [0.1, 0.15) is 62.9 Å². The van der Waals surface area contributed by atoms with Gasteiger partial charge in [0.25, 0.3) is 0 Å². The van der Waals surface area contributed by atoms with Gasteiger partial charge in [0.2, 0.25) is 0 Å². The number of fused-ring (bicyclic) bond motifs is 6. The fourth-order valence-electron chi connectivity index (χ4n) is 11.5. The maximum atomic E-state index is 2.46. The number of allylic oxidation sites excluding steroid dienone is 4. The standard InChI is InChI=1S/C81H65N3/c1-58-19-25-61(26-20-58)31-34-64-37-43-70(44-38-64)82(67-13-7-4-8-14-67)73-49-52-76-79(55-73)77-53-50-74(83(68-15-9-5-10-16-68)71-45-39-65(40-46-71)35-32-62-27-21-59(2)22-28-62)57-81(77)78-54-51-75(56-80(76)78)84(69-17-11-6-12-18-69)72-47-41-66(42-48-72)36-33-63-29-23-60(3)24-30-63/h4-11,13-17,19-57H,12,18H2,1-3H3/b34-31+,35-32+,36-33+. The Hall–Kier alpha value is -10.5. The lowest BCUT2D eigenvalue weighted by atomic mass is 9.92. The van der Waals surface area contributed by atoms with E-state index in [0.29, 0.717) is 0 Å². The summed E-state index contributed by atoms with van der Waals surface area (Å²) in [7, 11) is 0. The maximum Gasteiger partial charge on any atom is 0.0468 e. The molecule has 12 aromatic carbocycles. The SMILES string of the molecule is Cc1ccc(/C=C/c2ccc(N(C3=CC=CCC3)c3ccc4c(c3)c3ccc(N(c5ccccc5)c5ccc(/C=C/c6ccc(C)cc6)cc5)cc3c3ccc(N(c5ccccc5)c5ccc(/C=C/c6ccc(C)cc6)cc5)cc43)cc2)cc1. The Morgan fingerprint density at radius 1 is 0.262 bits per heavy atom. The van der Waals surface area contributed by atoms with Crippen molar-refractivity contribution in [2.24, 2.45) is 0 Å². The summed E-state index contributed by atoms with van der Waals surface area (Å²) in [4.78, 5) is 7.23. The predicted octanol–water partition coefficient (Wildman–Crippen LogP) is 22.9. The molecule has 3 nitrogen and oxygen atoms in total. The van der Waals surface area contributed by atoms with Gasteiger partial charge in [-0.3, -0.25) is 0 Å². The molecule has 404 valence electrons. The van der Waals surface area contributed by atoms with E-state index in [1.807, 2.05) is 0 Å². The Balaban J connectivity index is 0.960. The van der Waals surface area contributed by atoms with Gasteiger partial charge in [-0.1, -0.05) is 229 Å². The van der Waals surface area contributed by atoms with Crippen molar-refractivity contribution in [1.82, 2.24) is 0 Å². The average Bonchev–Trinajstić information content (AvgIpc) is 3.42. The Morgan fingerprint density at radius 3 is 0.845 bits per heavy atom. The second kappa shape index (κ2) is 23.9. The average molecular weight is 1080 g/mol. The molecule has 1 aliphatic rings. The zero-order chi connectivity index (χ0) is 56.8. The number of hydrogen-bond donors (Lipinski definition) is 0. The molecule has 0 amide bonds. The summed E-state index contributed by atoms with van der Waals surface area (Å²) in [6.45, 7) is 6.38. The van der Waals surface area contributed by atoms with E-state index in [-0.39, 0.29) is 0 Å². The summed E-state index contributed by atoms with van der Waals surface area (Å²) in [5.74, 6) is 0. The quantitative estimate of drug-likeness (QED) is 0.0748. The van der Waals surface area contributed by atoms with Gasteiger partial charge in [-0.2, -0.15) is 0 Å². The smallest absolute Gasteiger partial charge is 0.0468 e. The molecule has 3 heteroatoms. The largest absolute Gasteiger partial charge is 0.314 e. The molecule has 0 aliphatic heterocycles. The van der Waals surface area contributed by atoms with Crippen molar-refractivity contribution in [3.8, 4) is 0 Å². The van der Waals surface area contributed by atoms with E-state index in [4.69, 9.17) is 0 Å². The highest BCUT2D eigenvalue weighted by molar-refractivity contribution is 6.27. The molecule has 12 aromatic rings. The van der Waals surface area contributed by atoms with Crippen LogP contribution in [0.2, 0.25) is 0 Å². The second-order valence-electron chi connectivity index (χ2n) is 22.0. The van der Waals surface area contributed by atoms with Crippen LogP contribution in [0, 0.1) is 20.8 Å². The van der Waals surface area contributed by atoms with E-state index < -0.39 is 0 Å². The van der Waals surface area contributed by atoms with Crippen molar-refractivity contribution < 1.29 is 0 Å². The first kappa shape index (κ1) is 52.9. The van der Waals surface area contributed by atoms with E-state index in [1.165, 1.54) is 71.4 Å². The number of nitrogens with zero attached hydrogens (tertiary/aromatic N) is 3. The molecule has 0 aromatic heterocycles. The molecule has 0 bridgehead atoms. The molecule has 0 unspecified atom stereocenters. The van der Waals surface area contributed by atoms with Gasteiger partial charge in [-0.25, -0.2) is 0 Å². The molecule has 0 radical (unpaired) electrons. The summed E-state index contributed by atoms with van der Waals surface area (Å²) < 4.78 is 0. The highest BCUT2D eigenvalue weighted by atomic mass is 15.2. The summed E-state index contributed by atoms with van der Waals surface area (Å²) in [5, 5.41) is 7.15. The van der Waals surface area contributed by atoms with E-state index in [1.54, 1.807) is 0 Å². The molecule has 13 rings (SSSR count). The van der Waals surface area contributed by atoms with Gasteiger partial charge in [-0.05, 0) is 202 Å². The molecule has 0 atom stereocenters. The summed E-state index contributed by atoms with van der Waals surface area (Å²) in [6, 6.07) is 95.6. The fourth-order valence-corrected chi connectivity index (χ4v) is 11.5. The highest BCUT2D eigenvalue weighted by Crippen LogP contribution is 2.46. The topological polar surface area (TPSA) is 9.72 Å². The van der Waals surface area contributed by atoms with Crippen LogP contribution in [0.25, 0.3) is 68.8 Å². The van der Waals surface area contributed by atoms with E-state index >= 15 is 0 Å². The van der Waals surface area contributed by atoms with Crippen molar-refractivity contribution in [1.29, 1.82) is 0 Å². The lowest BCUT2D eigenvalue weighted by Crippen LogP contribution is -2.17. The minimum absolute atomic E-state index is 0.938. The monoisotopic (exact) mass is 1080 g/mol. The van der Waals surface area contributed by atoms with Crippen LogP contribution in [0.5, 0.6) is 0 Å². The number of anilines is 8. The van der Waals surface area contributed by atoms with Crippen molar-refractivity contribution in [3.63, 3.8) is 0 Å². The molecule has 0 fully saturated rings. The molecular weight excluding hydrogens is 1010 g/mol. The van der Waals surface area contributed by atoms with Gasteiger partial charge in [-0.15, -0.1) is 0 Å². The zero-order valence-electron chi connectivity index (χ0n) is 47.8. The Bertz CT molecular complexity index is 4260. The predicted molar refractivity (Wildman–Crippen MR) is 364 cm³/mol. The number of rotatable bonds is 15. The van der Waals surface area contributed by atoms with E-state index in [0.717, 1.165) is 75.0 Å². The Kier molecular flexibility index (Phi) is 15.1. The molecular formula is C81H65N3. The number of hydrogen-bond acceptors (Lipinski definition) is 3. The zero-order valence-corrected chi connectivity index (χ0v) is 47.8. The summed E-state index contributed by atoms with van der Waals surface area (Å²) in [5.41, 5.74) is 20.8. The van der Waals surface area contributed by atoms with Crippen molar-refractivity contribution in [2.45, 2.75) is 33.6 Å². The van der Waals surface area contributed by atoms with Crippen LogP contribution in [0.4, 0.5) is 45.5 Å². The van der Waals surface area contributed by atoms with Crippen LogP contribution in [0.3, 0.4) is 0 Å². The minimum Gasteiger partial charge on any atom is -0.314 e. The normalized spacial score (nSPS) is 12.5. The van der Waals surface area contributed by atoms with Crippen LogP contribution in [0.15, 0.2) is 285 Å². The van der Waals surface area contributed by atoms with Crippen molar-refractivity contribution >= 4 is 114 Å². The van der Waals surface area contributed by atoms with Crippen LogP contribution in [-0.4, -0.2) is 0 Å². The number of aryl methyl sites for hydroxylation is 3. The van der Waals surface area contributed by atoms with Gasteiger partial charge in [0.05, 0.1) is 0 Å². The van der Waals surface area contributed by atoms with E-state index in [2.05, 4.69) is 351 Å². The van der Waals surface area contributed by atoms with Crippen molar-refractivity contribution in [3.05, 3.63) is 335 Å². The highest BCUT2D eigenvalue weighted by Gasteiger charge is 2.21. The lowest BCUT2D eigenvalue weighted by Gasteiger charge is -2.30. The first-order chi connectivity index (χ1) is 41.3. The molecule has 0 saturated carbocycles. The maximum absolute atomic E-state index is 2.46. The van der Waals surface area contributed by atoms with Crippen LogP contribution < -0.4 is 14.7 Å². The molecule has 0 N–H and O–H groups in total. The van der Waals surface area contributed by atoms with Crippen LogP contribution in [-0.2, 0) is 0 Å². The van der Waals surface area contributed by atoms with E-state index in [9.17, 15) is 0 Å². The lowest BCUT2D eigenvalue weighted by molar-refractivity contribution is 0.918. The number of benzene rings is 12. The van der Waals surface area contributed by atoms with Crippen LogP contribution >= 0.6 is 0 Å². The first-order valence-corrected chi connectivity index (χ1v) is 29.2. The fraction of sp³-hybridized carbons (Fsp3) is 0.0617. The van der Waals surface area contributed by atoms with Crippen molar-refractivity contribution in [2.75, 3.05) is 14.7 Å². The van der Waals surface area contributed by atoms with Gasteiger partial charge in [0, 0.05) is 51.2 Å². The van der Waals surface area contributed by atoms with Gasteiger partial charge in [0.1, 0.15) is 0 Å². The van der Waals surface area contributed by atoms with Gasteiger partial charge < -0.3 is 14.7 Å². The first-order valence-electron chi connectivity index (χ1n) is 29.2. The van der Waals surface area contributed by atoms with Gasteiger partial charge >= 0.3 is 0 Å². The molecule has 0 heterocycles. The third-order valence-electron chi connectivity index (χ3n) is 16.1. The third-order valence-corrected chi connectivity index (χ3v) is 16.1. The Labute approximate surface area is 494 Å². The molecule has 0 saturated heterocycles. The second-order valence-corrected chi connectivity index (χ2v) is 22.0. The molecule has 0 spiro atoms. The third kappa shape index (κ3) is 11.5. The molecule has 84 heavy (non-hydrogen) atoms. The summed E-state index contributed by atoms with van der Waals surface area (Å²) in [6.07, 6.45) is 21.8. The minimum atomic E-state index is 0.938. The Morgan fingerprint density at radius 2 is 0.536 bits per heavy atom. The number of para-hydroxylation sites is 2.